The largest absolute Gasteiger partial charge is 0.396 e. The highest BCUT2D eigenvalue weighted by Crippen LogP contribution is 2.44. The molecule has 0 atom stereocenters. The lowest BCUT2D eigenvalue weighted by Gasteiger charge is -2.18. The van der Waals surface area contributed by atoms with Gasteiger partial charge in [-0.25, -0.2) is 0 Å². The number of nitrogens with zero attached hydrogens (tertiary/aromatic N) is 4. The molecule has 0 spiro atoms. The van der Waals surface area contributed by atoms with Crippen molar-refractivity contribution in [1.82, 2.24) is 15.0 Å². The molecule has 0 amide bonds. The zero-order valence-electron chi connectivity index (χ0n) is 12.6. The van der Waals surface area contributed by atoms with Crippen molar-refractivity contribution in [3.05, 3.63) is 0 Å². The minimum Gasteiger partial charge on any atom is -0.396 e. The standard InChI is InChI=1S/C14H24N6O/c1-2-15-11-17-12(16-9-14(10-21)5-6-14)19-13(18-11)20-7-3-4-8-20/h21H,2-10H2,1H3,(H2,15,16,17,18,19). The van der Waals surface area contributed by atoms with Gasteiger partial charge < -0.3 is 20.6 Å². The van der Waals surface area contributed by atoms with Gasteiger partial charge in [0, 0.05) is 31.6 Å². The summed E-state index contributed by atoms with van der Waals surface area (Å²) in [6.07, 6.45) is 4.53. The van der Waals surface area contributed by atoms with Gasteiger partial charge in [-0.2, -0.15) is 15.0 Å². The zero-order valence-corrected chi connectivity index (χ0v) is 12.6. The smallest absolute Gasteiger partial charge is 0.231 e. The van der Waals surface area contributed by atoms with Gasteiger partial charge in [0.15, 0.2) is 0 Å². The molecule has 1 saturated carbocycles. The van der Waals surface area contributed by atoms with Crippen LogP contribution in [0.1, 0.15) is 32.6 Å². The van der Waals surface area contributed by atoms with Crippen molar-refractivity contribution >= 4 is 17.8 Å². The topological polar surface area (TPSA) is 86.2 Å². The number of hydrogen-bond acceptors (Lipinski definition) is 7. The lowest BCUT2D eigenvalue weighted by atomic mass is 10.1. The highest BCUT2D eigenvalue weighted by molar-refractivity contribution is 5.44. The lowest BCUT2D eigenvalue weighted by Crippen LogP contribution is -2.24. The molecule has 2 fully saturated rings. The molecule has 7 nitrogen and oxygen atoms in total. The molecule has 2 heterocycles. The van der Waals surface area contributed by atoms with Crippen molar-refractivity contribution in [2.75, 3.05) is 48.3 Å². The monoisotopic (exact) mass is 292 g/mol. The van der Waals surface area contributed by atoms with Crippen molar-refractivity contribution in [1.29, 1.82) is 0 Å². The molecule has 0 bridgehead atoms. The molecule has 1 aliphatic heterocycles. The van der Waals surface area contributed by atoms with E-state index in [9.17, 15) is 5.11 Å². The predicted molar refractivity (Wildman–Crippen MR) is 82.7 cm³/mol. The van der Waals surface area contributed by atoms with Gasteiger partial charge in [0.25, 0.3) is 0 Å². The molecule has 3 N–H and O–H groups in total. The molecule has 1 aliphatic carbocycles. The van der Waals surface area contributed by atoms with Crippen LogP contribution >= 0.6 is 0 Å². The number of aliphatic hydroxyl groups excluding tert-OH is 1. The number of anilines is 3. The van der Waals surface area contributed by atoms with E-state index in [4.69, 9.17) is 0 Å². The Labute approximate surface area is 125 Å². The van der Waals surface area contributed by atoms with Crippen molar-refractivity contribution in [2.24, 2.45) is 5.41 Å². The van der Waals surface area contributed by atoms with E-state index in [1.54, 1.807) is 0 Å². The molecule has 1 aromatic rings. The molecule has 2 aliphatic rings. The molecular weight excluding hydrogens is 268 g/mol. The Kier molecular flexibility index (Phi) is 4.10. The molecule has 1 aromatic heterocycles. The van der Waals surface area contributed by atoms with Crippen molar-refractivity contribution < 1.29 is 5.11 Å². The van der Waals surface area contributed by atoms with Crippen molar-refractivity contribution in [3.63, 3.8) is 0 Å². The van der Waals surface area contributed by atoms with Crippen LogP contribution in [0.15, 0.2) is 0 Å². The van der Waals surface area contributed by atoms with Crippen LogP contribution in [0.25, 0.3) is 0 Å². The third kappa shape index (κ3) is 3.34. The van der Waals surface area contributed by atoms with E-state index >= 15 is 0 Å². The summed E-state index contributed by atoms with van der Waals surface area (Å²) in [5, 5.41) is 15.8. The van der Waals surface area contributed by atoms with Crippen LogP contribution in [0, 0.1) is 5.41 Å². The summed E-state index contributed by atoms with van der Waals surface area (Å²) >= 11 is 0. The number of nitrogens with one attached hydrogen (secondary N) is 2. The van der Waals surface area contributed by atoms with Crippen LogP contribution < -0.4 is 15.5 Å². The summed E-state index contributed by atoms with van der Waals surface area (Å²) in [6, 6.07) is 0. The third-order valence-corrected chi connectivity index (χ3v) is 4.26. The highest BCUT2D eigenvalue weighted by atomic mass is 16.3. The minimum atomic E-state index is 0.0405. The second-order valence-corrected chi connectivity index (χ2v) is 6.02. The maximum absolute atomic E-state index is 9.39. The fraction of sp³-hybridized carbons (Fsp3) is 0.786. The molecule has 0 unspecified atom stereocenters. The van der Waals surface area contributed by atoms with E-state index in [0.717, 1.165) is 45.0 Å². The lowest BCUT2D eigenvalue weighted by molar-refractivity contribution is 0.219. The Morgan fingerprint density at radius 2 is 1.76 bits per heavy atom. The first-order chi connectivity index (χ1) is 10.2. The molecular formula is C14H24N6O. The van der Waals surface area contributed by atoms with Gasteiger partial charge in [-0.05, 0) is 32.6 Å². The van der Waals surface area contributed by atoms with Crippen LogP contribution in [0.3, 0.4) is 0 Å². The predicted octanol–water partition coefficient (Wildman–Crippen LogP) is 1.09. The van der Waals surface area contributed by atoms with E-state index in [1.807, 2.05) is 6.92 Å². The Balaban J connectivity index is 1.74. The van der Waals surface area contributed by atoms with Crippen LogP contribution in [0.5, 0.6) is 0 Å². The average molecular weight is 292 g/mol. The number of aromatic nitrogens is 3. The van der Waals surface area contributed by atoms with Crippen molar-refractivity contribution in [3.8, 4) is 0 Å². The number of rotatable bonds is 7. The van der Waals surface area contributed by atoms with Crippen molar-refractivity contribution in [2.45, 2.75) is 32.6 Å². The molecule has 7 heteroatoms. The first kappa shape index (κ1) is 14.3. The molecule has 0 aromatic carbocycles. The van der Waals surface area contributed by atoms with E-state index in [-0.39, 0.29) is 12.0 Å². The summed E-state index contributed by atoms with van der Waals surface area (Å²) in [6.45, 7) is 5.77. The second kappa shape index (κ2) is 6.01. The summed E-state index contributed by atoms with van der Waals surface area (Å²) in [5.41, 5.74) is 0.0405. The summed E-state index contributed by atoms with van der Waals surface area (Å²) < 4.78 is 0. The van der Waals surface area contributed by atoms with E-state index in [1.165, 1.54) is 12.8 Å². The van der Waals surface area contributed by atoms with E-state index in [2.05, 4.69) is 30.5 Å². The molecule has 1 saturated heterocycles. The Morgan fingerprint density at radius 1 is 1.10 bits per heavy atom. The molecule has 3 rings (SSSR count). The SMILES string of the molecule is CCNc1nc(NCC2(CO)CC2)nc(N2CCCC2)n1. The van der Waals surface area contributed by atoms with E-state index < -0.39 is 0 Å². The van der Waals surface area contributed by atoms with Crippen LogP contribution in [-0.2, 0) is 0 Å². The number of aliphatic hydroxyl groups is 1. The summed E-state index contributed by atoms with van der Waals surface area (Å²) in [5.74, 6) is 1.96. The van der Waals surface area contributed by atoms with E-state index in [0.29, 0.717) is 11.9 Å². The Morgan fingerprint density at radius 3 is 2.33 bits per heavy atom. The summed E-state index contributed by atoms with van der Waals surface area (Å²) in [4.78, 5) is 15.6. The highest BCUT2D eigenvalue weighted by Gasteiger charge is 2.41. The zero-order chi connectivity index (χ0) is 14.7. The fourth-order valence-electron chi connectivity index (χ4n) is 2.57. The third-order valence-electron chi connectivity index (χ3n) is 4.26. The molecule has 21 heavy (non-hydrogen) atoms. The van der Waals surface area contributed by atoms with Gasteiger partial charge >= 0.3 is 0 Å². The Bertz CT molecular complexity index is 484. The van der Waals surface area contributed by atoms with Crippen LogP contribution in [0.4, 0.5) is 17.8 Å². The maximum atomic E-state index is 9.39. The normalized spacial score (nSPS) is 19.6. The Hall–Kier alpha value is -1.63. The van der Waals surface area contributed by atoms with Gasteiger partial charge in [0.05, 0.1) is 6.61 Å². The average Bonchev–Trinajstić information content (AvgIpc) is 3.07. The van der Waals surface area contributed by atoms with Crippen LogP contribution in [-0.4, -0.2) is 52.8 Å². The maximum Gasteiger partial charge on any atom is 0.231 e. The quantitative estimate of drug-likeness (QED) is 0.693. The minimum absolute atomic E-state index is 0.0405. The first-order valence-electron chi connectivity index (χ1n) is 7.84. The van der Waals surface area contributed by atoms with Gasteiger partial charge in [0.1, 0.15) is 0 Å². The number of hydrogen-bond donors (Lipinski definition) is 3. The van der Waals surface area contributed by atoms with Gasteiger partial charge in [0.2, 0.25) is 17.8 Å². The van der Waals surface area contributed by atoms with Gasteiger partial charge in [-0.1, -0.05) is 0 Å². The summed E-state index contributed by atoms with van der Waals surface area (Å²) in [7, 11) is 0. The van der Waals surface area contributed by atoms with Gasteiger partial charge in [-0.15, -0.1) is 0 Å². The molecule has 0 radical (unpaired) electrons. The first-order valence-corrected chi connectivity index (χ1v) is 7.84. The second-order valence-electron chi connectivity index (χ2n) is 6.02. The van der Waals surface area contributed by atoms with Crippen LogP contribution in [0.2, 0.25) is 0 Å². The van der Waals surface area contributed by atoms with Gasteiger partial charge in [-0.3, -0.25) is 0 Å². The molecule has 116 valence electrons. The fourth-order valence-corrected chi connectivity index (χ4v) is 2.57.